The summed E-state index contributed by atoms with van der Waals surface area (Å²) in [6, 6.07) is 6.46. The van der Waals surface area contributed by atoms with Gasteiger partial charge in [-0.1, -0.05) is 12.1 Å². The van der Waals surface area contributed by atoms with E-state index in [4.69, 9.17) is 5.14 Å². The lowest BCUT2D eigenvalue weighted by Crippen LogP contribution is -2.27. The fourth-order valence-corrected chi connectivity index (χ4v) is 2.50. The average molecular weight is 350 g/mol. The Labute approximate surface area is 142 Å². The minimum Gasteiger partial charge on any atom is -0.364 e. The first kappa shape index (κ1) is 18.1. The molecule has 9 heteroatoms. The number of anilines is 2. The van der Waals surface area contributed by atoms with E-state index in [0.717, 1.165) is 5.56 Å². The molecule has 24 heavy (non-hydrogen) atoms. The van der Waals surface area contributed by atoms with Crippen molar-refractivity contribution >= 4 is 21.8 Å². The Morgan fingerprint density at radius 2 is 1.83 bits per heavy atom. The molecule has 0 aliphatic rings. The quantitative estimate of drug-likeness (QED) is 0.719. The van der Waals surface area contributed by atoms with Gasteiger partial charge in [-0.2, -0.15) is 10.1 Å². The number of nitrogens with two attached hydrogens (primary N) is 1. The molecule has 2 aromatic rings. The zero-order valence-electron chi connectivity index (χ0n) is 13.9. The van der Waals surface area contributed by atoms with Crippen LogP contribution in [-0.4, -0.2) is 35.7 Å². The third kappa shape index (κ3) is 5.74. The van der Waals surface area contributed by atoms with Crippen molar-refractivity contribution in [3.63, 3.8) is 0 Å². The molecule has 0 saturated heterocycles. The average Bonchev–Trinajstić information content (AvgIpc) is 2.45. The van der Waals surface area contributed by atoms with Crippen LogP contribution in [-0.2, 0) is 16.4 Å². The SMILES string of the molecule is CC(C)(C)Nc1cnnc(NCCc2ccc(S(N)(=O)=O)cc2)n1. The molecule has 1 aromatic heterocycles. The minimum absolute atomic E-state index is 0.104. The van der Waals surface area contributed by atoms with E-state index in [1.807, 2.05) is 20.8 Å². The number of benzene rings is 1. The van der Waals surface area contributed by atoms with E-state index in [9.17, 15) is 8.42 Å². The number of rotatable bonds is 6. The first-order chi connectivity index (χ1) is 11.1. The number of hydrogen-bond donors (Lipinski definition) is 3. The lowest BCUT2D eigenvalue weighted by atomic mass is 10.1. The summed E-state index contributed by atoms with van der Waals surface area (Å²) in [6.45, 7) is 6.70. The molecule has 1 heterocycles. The first-order valence-corrected chi connectivity index (χ1v) is 9.02. The van der Waals surface area contributed by atoms with Crippen LogP contribution in [0, 0.1) is 0 Å². The van der Waals surface area contributed by atoms with Crippen LogP contribution in [0.1, 0.15) is 26.3 Å². The van der Waals surface area contributed by atoms with Gasteiger partial charge in [0.25, 0.3) is 0 Å². The molecule has 4 N–H and O–H groups in total. The third-order valence-electron chi connectivity index (χ3n) is 3.01. The summed E-state index contributed by atoms with van der Waals surface area (Å²) < 4.78 is 22.4. The van der Waals surface area contributed by atoms with Gasteiger partial charge in [-0.15, -0.1) is 5.10 Å². The number of hydrogen-bond acceptors (Lipinski definition) is 7. The highest BCUT2D eigenvalue weighted by molar-refractivity contribution is 7.89. The number of nitrogens with one attached hydrogen (secondary N) is 2. The standard InChI is InChI=1S/C15H22N6O2S/c1-15(2,3)20-13-10-18-21-14(19-13)17-9-8-11-4-6-12(7-5-11)24(16,22)23/h4-7,10H,8-9H2,1-3H3,(H2,16,22,23)(H2,17,19,20,21). The predicted molar refractivity (Wildman–Crippen MR) is 93.2 cm³/mol. The van der Waals surface area contributed by atoms with Crippen LogP contribution in [0.3, 0.4) is 0 Å². The smallest absolute Gasteiger partial charge is 0.244 e. The zero-order chi connectivity index (χ0) is 17.8. The van der Waals surface area contributed by atoms with E-state index >= 15 is 0 Å². The van der Waals surface area contributed by atoms with Crippen molar-refractivity contribution in [3.05, 3.63) is 36.0 Å². The Kier molecular flexibility index (Phi) is 5.35. The molecule has 0 spiro atoms. The van der Waals surface area contributed by atoms with E-state index in [1.165, 1.54) is 12.1 Å². The maximum atomic E-state index is 11.2. The molecular formula is C15H22N6O2S. The second-order valence-electron chi connectivity index (χ2n) is 6.41. The molecule has 1 aromatic carbocycles. The summed E-state index contributed by atoms with van der Waals surface area (Å²) in [5.74, 6) is 1.09. The summed E-state index contributed by atoms with van der Waals surface area (Å²) in [4.78, 5) is 4.45. The molecule has 8 nitrogen and oxygen atoms in total. The second kappa shape index (κ2) is 7.10. The van der Waals surface area contributed by atoms with E-state index in [1.54, 1.807) is 18.3 Å². The van der Waals surface area contributed by atoms with Crippen molar-refractivity contribution in [1.82, 2.24) is 15.2 Å². The zero-order valence-corrected chi connectivity index (χ0v) is 14.8. The van der Waals surface area contributed by atoms with Crippen LogP contribution in [0.25, 0.3) is 0 Å². The molecule has 0 unspecified atom stereocenters. The Hall–Kier alpha value is -2.26. The molecule has 0 aliphatic heterocycles. The Bertz CT molecular complexity index is 784. The lowest BCUT2D eigenvalue weighted by molar-refractivity contribution is 0.597. The summed E-state index contributed by atoms with van der Waals surface area (Å²) >= 11 is 0. The van der Waals surface area contributed by atoms with Gasteiger partial charge in [0.15, 0.2) is 5.82 Å². The Balaban J connectivity index is 1.91. The fraction of sp³-hybridized carbons (Fsp3) is 0.400. The van der Waals surface area contributed by atoms with E-state index < -0.39 is 10.0 Å². The summed E-state index contributed by atoms with van der Waals surface area (Å²) in [7, 11) is -3.65. The number of sulfonamides is 1. The van der Waals surface area contributed by atoms with Gasteiger partial charge in [-0.3, -0.25) is 0 Å². The van der Waals surface area contributed by atoms with E-state index in [2.05, 4.69) is 25.8 Å². The molecular weight excluding hydrogens is 328 g/mol. The third-order valence-corrected chi connectivity index (χ3v) is 3.94. The summed E-state index contributed by atoms with van der Waals surface area (Å²) in [5, 5.41) is 19.2. The number of primary sulfonamides is 1. The van der Waals surface area contributed by atoms with Crippen molar-refractivity contribution in [2.75, 3.05) is 17.2 Å². The van der Waals surface area contributed by atoms with Crippen LogP contribution in [0.5, 0.6) is 0 Å². The van der Waals surface area contributed by atoms with Gasteiger partial charge < -0.3 is 10.6 Å². The van der Waals surface area contributed by atoms with E-state index in [0.29, 0.717) is 24.7 Å². The van der Waals surface area contributed by atoms with Crippen molar-refractivity contribution in [2.24, 2.45) is 5.14 Å². The van der Waals surface area contributed by atoms with Crippen molar-refractivity contribution in [1.29, 1.82) is 0 Å². The minimum atomic E-state index is -3.65. The molecule has 0 amide bonds. The van der Waals surface area contributed by atoms with Crippen LogP contribution in [0.4, 0.5) is 11.8 Å². The lowest BCUT2D eigenvalue weighted by Gasteiger charge is -2.20. The van der Waals surface area contributed by atoms with Gasteiger partial charge >= 0.3 is 0 Å². The maximum absolute atomic E-state index is 11.2. The summed E-state index contributed by atoms with van der Waals surface area (Å²) in [6.07, 6.45) is 2.26. The van der Waals surface area contributed by atoms with Crippen molar-refractivity contribution in [3.8, 4) is 0 Å². The maximum Gasteiger partial charge on any atom is 0.244 e. The highest BCUT2D eigenvalue weighted by Gasteiger charge is 2.11. The largest absolute Gasteiger partial charge is 0.364 e. The first-order valence-electron chi connectivity index (χ1n) is 7.47. The van der Waals surface area contributed by atoms with Crippen LogP contribution < -0.4 is 15.8 Å². The molecule has 0 bridgehead atoms. The molecule has 0 radical (unpaired) electrons. The number of aromatic nitrogens is 3. The van der Waals surface area contributed by atoms with Gasteiger partial charge in [-0.05, 0) is 44.9 Å². The second-order valence-corrected chi connectivity index (χ2v) is 7.97. The highest BCUT2D eigenvalue weighted by Crippen LogP contribution is 2.12. The van der Waals surface area contributed by atoms with Gasteiger partial charge in [0.2, 0.25) is 16.0 Å². The topological polar surface area (TPSA) is 123 Å². The molecule has 2 rings (SSSR count). The Morgan fingerprint density at radius 3 is 2.42 bits per heavy atom. The highest BCUT2D eigenvalue weighted by atomic mass is 32.2. The van der Waals surface area contributed by atoms with Crippen molar-refractivity contribution < 1.29 is 8.42 Å². The molecule has 0 fully saturated rings. The molecule has 0 aliphatic carbocycles. The normalized spacial score (nSPS) is 12.0. The predicted octanol–water partition coefficient (Wildman–Crippen LogP) is 1.38. The summed E-state index contributed by atoms with van der Waals surface area (Å²) in [5.41, 5.74) is 0.866. The van der Waals surface area contributed by atoms with Gasteiger partial charge in [0, 0.05) is 12.1 Å². The van der Waals surface area contributed by atoms with E-state index in [-0.39, 0.29) is 10.4 Å². The van der Waals surface area contributed by atoms with Gasteiger partial charge in [-0.25, -0.2) is 13.6 Å². The molecule has 130 valence electrons. The van der Waals surface area contributed by atoms with Gasteiger partial charge in [0.05, 0.1) is 11.1 Å². The fourth-order valence-electron chi connectivity index (χ4n) is 1.99. The monoisotopic (exact) mass is 350 g/mol. The Morgan fingerprint density at radius 1 is 1.17 bits per heavy atom. The van der Waals surface area contributed by atoms with Crippen LogP contribution in [0.15, 0.2) is 35.4 Å². The van der Waals surface area contributed by atoms with Crippen molar-refractivity contribution in [2.45, 2.75) is 37.6 Å². The van der Waals surface area contributed by atoms with Crippen LogP contribution >= 0.6 is 0 Å². The van der Waals surface area contributed by atoms with Crippen LogP contribution in [0.2, 0.25) is 0 Å². The number of nitrogens with zero attached hydrogens (tertiary/aromatic N) is 3. The molecule has 0 atom stereocenters. The van der Waals surface area contributed by atoms with Gasteiger partial charge in [0.1, 0.15) is 0 Å². The molecule has 0 saturated carbocycles.